The van der Waals surface area contributed by atoms with Crippen molar-refractivity contribution in [2.75, 3.05) is 26.2 Å². The quantitative estimate of drug-likeness (QED) is 0.765. The lowest BCUT2D eigenvalue weighted by molar-refractivity contribution is 0.0588. The predicted octanol–water partition coefficient (Wildman–Crippen LogP) is 2.88. The van der Waals surface area contributed by atoms with E-state index >= 15 is 0 Å². The monoisotopic (exact) mass is 362 g/mol. The van der Waals surface area contributed by atoms with Crippen LogP contribution < -0.4 is 0 Å². The topological polar surface area (TPSA) is 62.5 Å². The Labute approximate surface area is 152 Å². The van der Waals surface area contributed by atoms with E-state index in [2.05, 4.69) is 28.9 Å². The Bertz CT molecular complexity index is 706. The first-order chi connectivity index (χ1) is 12.0. The zero-order chi connectivity index (χ0) is 17.8. The lowest BCUT2D eigenvalue weighted by Crippen LogP contribution is -2.48. The lowest BCUT2D eigenvalue weighted by Gasteiger charge is -2.34. The van der Waals surface area contributed by atoms with Gasteiger partial charge in [-0.2, -0.15) is 0 Å². The van der Waals surface area contributed by atoms with Gasteiger partial charge in [-0.1, -0.05) is 36.7 Å². The number of carbonyl (C=O) groups excluding carboxylic acids is 1. The lowest BCUT2D eigenvalue weighted by atomic mass is 10.1. The van der Waals surface area contributed by atoms with Crippen molar-refractivity contribution < 1.29 is 9.32 Å². The van der Waals surface area contributed by atoms with Crippen LogP contribution in [0.1, 0.15) is 35.7 Å². The van der Waals surface area contributed by atoms with Crippen LogP contribution in [-0.2, 0) is 13.0 Å². The zero-order valence-corrected chi connectivity index (χ0v) is 15.4. The molecule has 0 aromatic carbocycles. The van der Waals surface area contributed by atoms with Crippen molar-refractivity contribution in [2.24, 2.45) is 5.92 Å². The maximum absolute atomic E-state index is 12.6. The third-order valence-electron chi connectivity index (χ3n) is 4.24. The number of halogens is 1. The zero-order valence-electron chi connectivity index (χ0n) is 14.6. The van der Waals surface area contributed by atoms with Crippen molar-refractivity contribution in [3.05, 3.63) is 46.6 Å². The van der Waals surface area contributed by atoms with Crippen molar-refractivity contribution in [1.82, 2.24) is 19.9 Å². The number of carbonyl (C=O) groups is 1. The van der Waals surface area contributed by atoms with Gasteiger partial charge in [0, 0.05) is 45.0 Å². The van der Waals surface area contributed by atoms with Crippen molar-refractivity contribution in [1.29, 1.82) is 0 Å². The minimum Gasteiger partial charge on any atom is -0.351 e. The highest BCUT2D eigenvalue weighted by Gasteiger charge is 2.25. The molecule has 0 bridgehead atoms. The first-order valence-corrected chi connectivity index (χ1v) is 8.96. The number of piperazine rings is 1. The number of pyridine rings is 1. The average molecular weight is 363 g/mol. The van der Waals surface area contributed by atoms with Gasteiger partial charge in [0.15, 0.2) is 0 Å². The molecule has 0 spiro atoms. The van der Waals surface area contributed by atoms with E-state index in [1.54, 1.807) is 18.3 Å². The van der Waals surface area contributed by atoms with Gasteiger partial charge >= 0.3 is 0 Å². The molecule has 0 unspecified atom stereocenters. The molecule has 1 aliphatic rings. The number of hydrogen-bond acceptors (Lipinski definition) is 5. The van der Waals surface area contributed by atoms with Crippen LogP contribution in [0.2, 0.25) is 5.15 Å². The summed E-state index contributed by atoms with van der Waals surface area (Å²) in [5, 5.41) is 4.50. The third kappa shape index (κ3) is 4.80. The van der Waals surface area contributed by atoms with Gasteiger partial charge in [0.1, 0.15) is 5.15 Å². The highest BCUT2D eigenvalue weighted by molar-refractivity contribution is 6.29. The Kier molecular flexibility index (Phi) is 5.71. The average Bonchev–Trinajstić information content (AvgIpc) is 3.05. The standard InChI is InChI=1S/C18H23ClN4O2/c1-13(2)9-15-10-16(25-21-15)18(24)23-7-5-22(6-8-23)12-14-3-4-17(19)20-11-14/h3-4,10-11,13H,5-9,12H2,1-2H3. The summed E-state index contributed by atoms with van der Waals surface area (Å²) in [6.07, 6.45) is 2.62. The van der Waals surface area contributed by atoms with Gasteiger partial charge in [-0.3, -0.25) is 9.69 Å². The van der Waals surface area contributed by atoms with Gasteiger partial charge in [0.25, 0.3) is 5.91 Å². The minimum absolute atomic E-state index is 0.0738. The molecule has 2 aromatic heterocycles. The van der Waals surface area contributed by atoms with E-state index in [1.165, 1.54) is 0 Å². The van der Waals surface area contributed by atoms with Gasteiger partial charge in [0.05, 0.1) is 5.69 Å². The van der Waals surface area contributed by atoms with Gasteiger partial charge in [0.2, 0.25) is 5.76 Å². The molecule has 1 aliphatic heterocycles. The fourth-order valence-corrected chi connectivity index (χ4v) is 3.06. The predicted molar refractivity (Wildman–Crippen MR) is 95.5 cm³/mol. The second kappa shape index (κ2) is 7.97. The van der Waals surface area contributed by atoms with E-state index in [0.29, 0.717) is 29.9 Å². The maximum atomic E-state index is 12.6. The molecule has 0 radical (unpaired) electrons. The van der Waals surface area contributed by atoms with Crippen molar-refractivity contribution in [2.45, 2.75) is 26.8 Å². The van der Waals surface area contributed by atoms with Crippen LogP contribution in [0, 0.1) is 5.92 Å². The van der Waals surface area contributed by atoms with Gasteiger partial charge in [-0.25, -0.2) is 4.98 Å². The molecule has 1 saturated heterocycles. The van der Waals surface area contributed by atoms with Gasteiger partial charge in [-0.15, -0.1) is 0 Å². The van der Waals surface area contributed by atoms with Crippen molar-refractivity contribution in [3.8, 4) is 0 Å². The summed E-state index contributed by atoms with van der Waals surface area (Å²) >= 11 is 5.81. The van der Waals surface area contributed by atoms with Crippen LogP contribution in [-0.4, -0.2) is 52.0 Å². The van der Waals surface area contributed by atoms with Crippen LogP contribution in [0.15, 0.2) is 28.9 Å². The van der Waals surface area contributed by atoms with E-state index < -0.39 is 0 Å². The highest BCUT2D eigenvalue weighted by atomic mass is 35.5. The van der Waals surface area contributed by atoms with Crippen LogP contribution in [0.4, 0.5) is 0 Å². The van der Waals surface area contributed by atoms with Crippen LogP contribution in [0.5, 0.6) is 0 Å². The summed E-state index contributed by atoms with van der Waals surface area (Å²) in [5.74, 6) is 0.750. The summed E-state index contributed by atoms with van der Waals surface area (Å²) in [6, 6.07) is 5.56. The molecule has 25 heavy (non-hydrogen) atoms. The van der Waals surface area contributed by atoms with E-state index in [0.717, 1.165) is 37.3 Å². The van der Waals surface area contributed by atoms with Crippen molar-refractivity contribution >= 4 is 17.5 Å². The number of aromatic nitrogens is 2. The Morgan fingerprint density at radius 1 is 1.28 bits per heavy atom. The fourth-order valence-electron chi connectivity index (χ4n) is 2.95. The molecule has 1 amide bonds. The number of rotatable bonds is 5. The minimum atomic E-state index is -0.0738. The largest absolute Gasteiger partial charge is 0.351 e. The highest BCUT2D eigenvalue weighted by Crippen LogP contribution is 2.14. The molecule has 0 aliphatic carbocycles. The van der Waals surface area contributed by atoms with Crippen molar-refractivity contribution in [3.63, 3.8) is 0 Å². The molecular formula is C18H23ClN4O2. The smallest absolute Gasteiger partial charge is 0.292 e. The molecule has 1 fully saturated rings. The molecule has 2 aromatic rings. The molecule has 6 nitrogen and oxygen atoms in total. The van der Waals surface area contributed by atoms with E-state index in [1.807, 2.05) is 11.0 Å². The Hall–Kier alpha value is -1.92. The summed E-state index contributed by atoms with van der Waals surface area (Å²) < 4.78 is 5.24. The maximum Gasteiger partial charge on any atom is 0.292 e. The van der Waals surface area contributed by atoms with Gasteiger partial charge < -0.3 is 9.42 Å². The van der Waals surface area contributed by atoms with E-state index in [-0.39, 0.29) is 5.91 Å². The van der Waals surface area contributed by atoms with E-state index in [9.17, 15) is 4.79 Å². The molecule has 0 saturated carbocycles. The number of nitrogens with zero attached hydrogens (tertiary/aromatic N) is 4. The Morgan fingerprint density at radius 3 is 2.68 bits per heavy atom. The van der Waals surface area contributed by atoms with Crippen LogP contribution >= 0.6 is 11.6 Å². The molecule has 0 N–H and O–H groups in total. The first kappa shape index (κ1) is 17.9. The summed E-state index contributed by atoms with van der Waals surface area (Å²) in [4.78, 5) is 20.8. The van der Waals surface area contributed by atoms with Gasteiger partial charge in [-0.05, 0) is 24.0 Å². The second-order valence-electron chi connectivity index (χ2n) is 6.84. The molecule has 7 heteroatoms. The SMILES string of the molecule is CC(C)Cc1cc(C(=O)N2CCN(Cc3ccc(Cl)nc3)CC2)on1. The summed E-state index contributed by atoms with van der Waals surface area (Å²) in [7, 11) is 0. The molecule has 3 heterocycles. The first-order valence-electron chi connectivity index (χ1n) is 8.59. The summed E-state index contributed by atoms with van der Waals surface area (Å²) in [6.45, 7) is 8.05. The van der Waals surface area contributed by atoms with Crippen LogP contribution in [0.3, 0.4) is 0 Å². The number of amides is 1. The Morgan fingerprint density at radius 2 is 2.04 bits per heavy atom. The normalized spacial score (nSPS) is 15.8. The summed E-state index contributed by atoms with van der Waals surface area (Å²) in [5.41, 5.74) is 1.96. The van der Waals surface area contributed by atoms with E-state index in [4.69, 9.17) is 16.1 Å². The van der Waals surface area contributed by atoms with Crippen LogP contribution in [0.25, 0.3) is 0 Å². The second-order valence-corrected chi connectivity index (χ2v) is 7.23. The number of hydrogen-bond donors (Lipinski definition) is 0. The fraction of sp³-hybridized carbons (Fsp3) is 0.500. The molecule has 134 valence electrons. The third-order valence-corrected chi connectivity index (χ3v) is 4.47. The molecular weight excluding hydrogens is 340 g/mol. The molecule has 0 atom stereocenters. The molecule has 3 rings (SSSR count). The Balaban J connectivity index is 1.52.